The van der Waals surface area contributed by atoms with Crippen LogP contribution in [0.3, 0.4) is 0 Å². The molecule has 0 unspecified atom stereocenters. The quantitative estimate of drug-likeness (QED) is 0.827. The van der Waals surface area contributed by atoms with Gasteiger partial charge in [0, 0.05) is 37.9 Å². The number of hydrogen-bond donors (Lipinski definition) is 0. The summed E-state index contributed by atoms with van der Waals surface area (Å²) in [6.07, 6.45) is 1.15. The number of hydrogen-bond acceptors (Lipinski definition) is 2. The van der Waals surface area contributed by atoms with E-state index in [4.69, 9.17) is 0 Å². The summed E-state index contributed by atoms with van der Waals surface area (Å²) < 4.78 is 0. The minimum atomic E-state index is 0.356. The Labute approximate surface area is 124 Å². The highest BCUT2D eigenvalue weighted by atomic mass is 15.3. The van der Waals surface area contributed by atoms with Crippen LogP contribution in [0.4, 0.5) is 5.69 Å². The molecule has 2 rings (SSSR count). The van der Waals surface area contributed by atoms with Crippen molar-refractivity contribution in [1.82, 2.24) is 4.90 Å². The van der Waals surface area contributed by atoms with Crippen molar-refractivity contribution in [2.75, 3.05) is 31.1 Å². The molecule has 0 aliphatic carbocycles. The van der Waals surface area contributed by atoms with Crippen LogP contribution in [0.5, 0.6) is 0 Å². The normalized spacial score (nSPS) is 17.8. The Morgan fingerprint density at radius 2 is 1.70 bits per heavy atom. The second-order valence-corrected chi connectivity index (χ2v) is 7.52. The lowest BCUT2D eigenvalue weighted by molar-refractivity contribution is 0.209. The van der Waals surface area contributed by atoms with Crippen LogP contribution in [0.1, 0.15) is 40.2 Å². The molecular weight excluding hydrogens is 244 g/mol. The third-order valence-electron chi connectivity index (χ3n) is 4.05. The highest BCUT2D eigenvalue weighted by molar-refractivity contribution is 5.49. The Morgan fingerprint density at radius 3 is 2.25 bits per heavy atom. The van der Waals surface area contributed by atoms with Gasteiger partial charge in [-0.1, -0.05) is 32.9 Å². The van der Waals surface area contributed by atoms with Crippen LogP contribution in [-0.4, -0.2) is 37.1 Å². The van der Waals surface area contributed by atoms with Crippen molar-refractivity contribution in [3.8, 4) is 0 Å². The highest BCUT2D eigenvalue weighted by Crippen LogP contribution is 2.24. The average molecular weight is 274 g/mol. The number of piperazine rings is 1. The Balaban J connectivity index is 2.01. The van der Waals surface area contributed by atoms with Gasteiger partial charge in [0.1, 0.15) is 0 Å². The van der Waals surface area contributed by atoms with Gasteiger partial charge in [-0.15, -0.1) is 0 Å². The summed E-state index contributed by atoms with van der Waals surface area (Å²) in [5.41, 5.74) is 3.21. The zero-order valence-electron chi connectivity index (χ0n) is 13.8. The van der Waals surface area contributed by atoms with E-state index in [1.54, 1.807) is 0 Å². The molecule has 1 aromatic carbocycles. The third-order valence-corrected chi connectivity index (χ3v) is 4.05. The van der Waals surface area contributed by atoms with Gasteiger partial charge in [0.25, 0.3) is 0 Å². The van der Waals surface area contributed by atoms with E-state index in [9.17, 15) is 0 Å². The molecule has 0 saturated carbocycles. The van der Waals surface area contributed by atoms with E-state index in [1.807, 2.05) is 0 Å². The molecule has 112 valence electrons. The van der Waals surface area contributed by atoms with Crippen molar-refractivity contribution in [1.29, 1.82) is 0 Å². The molecule has 1 saturated heterocycles. The molecule has 20 heavy (non-hydrogen) atoms. The van der Waals surface area contributed by atoms with E-state index in [0.29, 0.717) is 11.5 Å². The van der Waals surface area contributed by atoms with Gasteiger partial charge in [-0.05, 0) is 43.4 Å². The van der Waals surface area contributed by atoms with Crippen LogP contribution in [0.25, 0.3) is 0 Å². The SMILES string of the molecule is CC(C)N1CCN(c2cccc(CC(C)(C)C)c2)CC1. The van der Waals surface area contributed by atoms with Gasteiger partial charge in [0.15, 0.2) is 0 Å². The zero-order chi connectivity index (χ0) is 14.8. The topological polar surface area (TPSA) is 6.48 Å². The lowest BCUT2D eigenvalue weighted by atomic mass is 9.88. The first-order valence-electron chi connectivity index (χ1n) is 7.93. The molecule has 0 bridgehead atoms. The molecule has 1 aliphatic heterocycles. The van der Waals surface area contributed by atoms with E-state index < -0.39 is 0 Å². The summed E-state index contributed by atoms with van der Waals surface area (Å²) in [6, 6.07) is 9.79. The summed E-state index contributed by atoms with van der Waals surface area (Å²) >= 11 is 0. The van der Waals surface area contributed by atoms with Crippen LogP contribution in [0.2, 0.25) is 0 Å². The average Bonchev–Trinajstić information content (AvgIpc) is 2.37. The first-order valence-corrected chi connectivity index (χ1v) is 7.93. The van der Waals surface area contributed by atoms with Crippen LogP contribution < -0.4 is 4.90 Å². The Kier molecular flexibility index (Phi) is 4.74. The minimum Gasteiger partial charge on any atom is -0.369 e. The third kappa shape index (κ3) is 4.24. The van der Waals surface area contributed by atoms with Gasteiger partial charge in [-0.3, -0.25) is 4.90 Å². The van der Waals surface area contributed by atoms with Crippen molar-refractivity contribution >= 4 is 5.69 Å². The molecule has 0 atom stereocenters. The first kappa shape index (κ1) is 15.4. The minimum absolute atomic E-state index is 0.356. The summed E-state index contributed by atoms with van der Waals surface area (Å²) in [6.45, 7) is 16.2. The van der Waals surface area contributed by atoms with Crippen LogP contribution in [0.15, 0.2) is 24.3 Å². The number of benzene rings is 1. The fourth-order valence-electron chi connectivity index (χ4n) is 2.97. The van der Waals surface area contributed by atoms with Gasteiger partial charge < -0.3 is 4.90 Å². The molecule has 0 spiro atoms. The standard InChI is InChI=1S/C18H30N2/c1-15(2)19-9-11-20(12-10-19)17-8-6-7-16(13-17)14-18(3,4)5/h6-8,13,15H,9-12,14H2,1-5H3. The van der Waals surface area contributed by atoms with Crippen LogP contribution in [-0.2, 0) is 6.42 Å². The van der Waals surface area contributed by atoms with Crippen molar-refractivity contribution < 1.29 is 0 Å². The van der Waals surface area contributed by atoms with Gasteiger partial charge in [0.05, 0.1) is 0 Å². The summed E-state index contributed by atoms with van der Waals surface area (Å²) in [7, 11) is 0. The monoisotopic (exact) mass is 274 g/mol. The predicted molar refractivity (Wildman–Crippen MR) is 88.5 cm³/mol. The van der Waals surface area contributed by atoms with Gasteiger partial charge in [0.2, 0.25) is 0 Å². The number of rotatable bonds is 3. The molecular formula is C18H30N2. The van der Waals surface area contributed by atoms with E-state index >= 15 is 0 Å². The maximum absolute atomic E-state index is 2.56. The summed E-state index contributed by atoms with van der Waals surface area (Å²) in [5.74, 6) is 0. The van der Waals surface area contributed by atoms with Gasteiger partial charge in [-0.2, -0.15) is 0 Å². The summed E-state index contributed by atoms with van der Waals surface area (Å²) in [4.78, 5) is 5.10. The van der Waals surface area contributed by atoms with Crippen molar-refractivity contribution in [2.45, 2.75) is 47.1 Å². The van der Waals surface area contributed by atoms with Crippen molar-refractivity contribution in [3.05, 3.63) is 29.8 Å². The fourth-order valence-corrected chi connectivity index (χ4v) is 2.97. The zero-order valence-corrected chi connectivity index (χ0v) is 13.8. The van der Waals surface area contributed by atoms with Crippen molar-refractivity contribution in [2.24, 2.45) is 5.41 Å². The highest BCUT2D eigenvalue weighted by Gasteiger charge is 2.19. The van der Waals surface area contributed by atoms with E-state index in [-0.39, 0.29) is 0 Å². The molecule has 0 aromatic heterocycles. The molecule has 1 aromatic rings. The Morgan fingerprint density at radius 1 is 1.05 bits per heavy atom. The van der Waals surface area contributed by atoms with E-state index in [2.05, 4.69) is 68.7 Å². The van der Waals surface area contributed by atoms with Crippen LogP contribution >= 0.6 is 0 Å². The number of nitrogens with zero attached hydrogens (tertiary/aromatic N) is 2. The number of anilines is 1. The molecule has 1 aliphatic rings. The maximum atomic E-state index is 2.56. The molecule has 0 N–H and O–H groups in total. The molecule has 1 fully saturated rings. The Bertz CT molecular complexity index is 423. The second kappa shape index (κ2) is 6.17. The first-order chi connectivity index (χ1) is 9.35. The van der Waals surface area contributed by atoms with Gasteiger partial charge in [-0.25, -0.2) is 0 Å². The lowest BCUT2D eigenvalue weighted by Gasteiger charge is -2.38. The summed E-state index contributed by atoms with van der Waals surface area (Å²) in [5, 5.41) is 0. The smallest absolute Gasteiger partial charge is 0.0369 e. The Hall–Kier alpha value is -1.02. The molecule has 2 nitrogen and oxygen atoms in total. The van der Waals surface area contributed by atoms with E-state index in [1.165, 1.54) is 24.3 Å². The van der Waals surface area contributed by atoms with Gasteiger partial charge >= 0.3 is 0 Å². The van der Waals surface area contributed by atoms with Crippen molar-refractivity contribution in [3.63, 3.8) is 0 Å². The molecule has 0 radical (unpaired) electrons. The second-order valence-electron chi connectivity index (χ2n) is 7.52. The maximum Gasteiger partial charge on any atom is 0.0369 e. The molecule has 2 heteroatoms. The van der Waals surface area contributed by atoms with E-state index in [0.717, 1.165) is 19.5 Å². The molecule has 1 heterocycles. The fraction of sp³-hybridized carbons (Fsp3) is 0.667. The predicted octanol–water partition coefficient (Wildman–Crippen LogP) is 3.81. The van der Waals surface area contributed by atoms with Crippen LogP contribution in [0, 0.1) is 5.41 Å². The largest absolute Gasteiger partial charge is 0.369 e. The molecule has 0 amide bonds. The lowest BCUT2D eigenvalue weighted by Crippen LogP contribution is -2.48.